The smallest absolute Gasteiger partial charge is 0.265 e. The minimum atomic E-state index is -0.490. The Morgan fingerprint density at radius 2 is 2.46 bits per heavy atom. The van der Waals surface area contributed by atoms with Gasteiger partial charge in [-0.2, -0.15) is 0 Å². The topological polar surface area (TPSA) is 67.8 Å². The second-order valence-corrected chi connectivity index (χ2v) is 3.49. The van der Waals surface area contributed by atoms with E-state index in [1.54, 1.807) is 11.3 Å². The summed E-state index contributed by atoms with van der Waals surface area (Å²) >= 11 is 1.54. The number of hydrogen-bond acceptors (Lipinski definition) is 4. The number of thiophene rings is 1. The molecule has 0 aliphatic carbocycles. The molecule has 66 valence electrons. The van der Waals surface area contributed by atoms with Gasteiger partial charge >= 0.3 is 0 Å². The predicted octanol–water partition coefficient (Wildman–Crippen LogP) is 0.435. The van der Waals surface area contributed by atoms with E-state index in [1.165, 1.54) is 0 Å². The maximum Gasteiger partial charge on any atom is 0.265 e. The summed E-state index contributed by atoms with van der Waals surface area (Å²) in [6.45, 7) is 0.308. The lowest BCUT2D eigenvalue weighted by Gasteiger charge is -1.88. The van der Waals surface area contributed by atoms with Gasteiger partial charge in [0.15, 0.2) is 5.84 Å². The number of amidine groups is 1. The van der Waals surface area contributed by atoms with E-state index in [0.717, 1.165) is 4.88 Å². The molecule has 0 spiro atoms. The average Bonchev–Trinajstić information content (AvgIpc) is 2.75. The number of carbonyl (C=O) groups is 1. The van der Waals surface area contributed by atoms with Gasteiger partial charge in [-0.3, -0.25) is 9.79 Å². The number of amides is 1. The lowest BCUT2D eigenvalue weighted by Crippen LogP contribution is -2.23. The summed E-state index contributed by atoms with van der Waals surface area (Å²) in [6.07, 6.45) is 0. The zero-order valence-corrected chi connectivity index (χ0v) is 7.54. The highest BCUT2D eigenvalue weighted by atomic mass is 32.1. The van der Waals surface area contributed by atoms with Crippen LogP contribution < -0.4 is 5.73 Å². The highest BCUT2D eigenvalue weighted by Crippen LogP contribution is 2.13. The van der Waals surface area contributed by atoms with Crippen LogP contribution in [0.25, 0.3) is 0 Å². The van der Waals surface area contributed by atoms with Crippen molar-refractivity contribution in [3.63, 3.8) is 0 Å². The van der Waals surface area contributed by atoms with Crippen molar-refractivity contribution in [1.29, 1.82) is 0 Å². The first-order chi connectivity index (χ1) is 6.27. The summed E-state index contributed by atoms with van der Waals surface area (Å²) in [6, 6.07) is 3.83. The van der Waals surface area contributed by atoms with Gasteiger partial charge in [-0.1, -0.05) is 6.07 Å². The average molecular weight is 193 g/mol. The van der Waals surface area contributed by atoms with Crippen LogP contribution >= 0.6 is 11.3 Å². The zero-order chi connectivity index (χ0) is 9.26. The van der Waals surface area contributed by atoms with Gasteiger partial charge < -0.3 is 5.73 Å². The van der Waals surface area contributed by atoms with Gasteiger partial charge in [0, 0.05) is 0 Å². The Balaban J connectivity index is 2.26. The van der Waals surface area contributed by atoms with E-state index < -0.39 is 5.91 Å². The molecule has 0 saturated heterocycles. The fourth-order valence-electron chi connectivity index (χ4n) is 1.02. The quantitative estimate of drug-likeness (QED) is 0.727. The number of nitrogens with two attached hydrogens (primary N) is 1. The molecule has 2 rings (SSSR count). The number of aliphatic imine (C=N–C) groups is 2. The Hall–Kier alpha value is -1.49. The molecule has 1 amide bonds. The third kappa shape index (κ3) is 1.50. The first-order valence-electron chi connectivity index (χ1n) is 3.73. The van der Waals surface area contributed by atoms with Crippen LogP contribution in [-0.4, -0.2) is 24.0 Å². The summed E-state index contributed by atoms with van der Waals surface area (Å²) in [5.41, 5.74) is 5.41. The fraction of sp³-hybridized carbons (Fsp3) is 0.125. The van der Waals surface area contributed by atoms with Crippen molar-refractivity contribution in [2.45, 2.75) is 0 Å². The van der Waals surface area contributed by atoms with Crippen molar-refractivity contribution in [1.82, 2.24) is 0 Å². The maximum atomic E-state index is 10.7. The Bertz CT molecular complexity index is 392. The minimum Gasteiger partial charge on any atom is -0.364 e. The van der Waals surface area contributed by atoms with Crippen LogP contribution in [0.2, 0.25) is 0 Å². The van der Waals surface area contributed by atoms with Gasteiger partial charge in [-0.05, 0) is 11.4 Å². The molecule has 2 N–H and O–H groups in total. The first kappa shape index (κ1) is 8.12. The third-order valence-electron chi connectivity index (χ3n) is 1.65. The zero-order valence-electron chi connectivity index (χ0n) is 6.73. The molecule has 0 unspecified atom stereocenters. The van der Waals surface area contributed by atoms with E-state index in [-0.39, 0.29) is 0 Å². The third-order valence-corrected chi connectivity index (χ3v) is 2.51. The molecule has 4 nitrogen and oxygen atoms in total. The van der Waals surface area contributed by atoms with Gasteiger partial charge in [-0.25, -0.2) is 4.99 Å². The van der Waals surface area contributed by atoms with Crippen molar-refractivity contribution in [2.75, 3.05) is 6.54 Å². The molecule has 5 heteroatoms. The van der Waals surface area contributed by atoms with E-state index in [2.05, 4.69) is 9.98 Å². The molecule has 1 aromatic heterocycles. The molecule has 0 radical (unpaired) electrons. The van der Waals surface area contributed by atoms with Crippen molar-refractivity contribution < 1.29 is 4.79 Å². The Morgan fingerprint density at radius 3 is 3.00 bits per heavy atom. The molecule has 1 aromatic rings. The molecule has 0 aromatic carbocycles. The monoisotopic (exact) mass is 193 g/mol. The van der Waals surface area contributed by atoms with Crippen molar-refractivity contribution in [2.24, 2.45) is 15.7 Å². The standard InChI is InChI=1S/C8H7N3OS/c9-7(12)5-4-10-8(11-5)6-2-1-3-13-6/h1-3H,4H2,(H2,9,12). The fourth-order valence-corrected chi connectivity index (χ4v) is 1.70. The Morgan fingerprint density at radius 1 is 1.62 bits per heavy atom. The number of rotatable bonds is 2. The number of carbonyl (C=O) groups excluding carboxylic acids is 1. The second kappa shape index (κ2) is 3.10. The number of hydrogen-bond donors (Lipinski definition) is 1. The highest BCUT2D eigenvalue weighted by Gasteiger charge is 2.16. The van der Waals surface area contributed by atoms with Crippen LogP contribution in [-0.2, 0) is 4.79 Å². The molecule has 13 heavy (non-hydrogen) atoms. The van der Waals surface area contributed by atoms with Crippen LogP contribution in [0.15, 0.2) is 27.5 Å². The predicted molar refractivity (Wildman–Crippen MR) is 52.4 cm³/mol. The van der Waals surface area contributed by atoms with Crippen LogP contribution in [0.1, 0.15) is 4.88 Å². The minimum absolute atomic E-state index is 0.308. The lowest BCUT2D eigenvalue weighted by atomic mass is 10.4. The SMILES string of the molecule is NC(=O)C1=NC(c2cccs2)=NC1. The number of primary amides is 1. The molecule has 0 atom stereocenters. The second-order valence-electron chi connectivity index (χ2n) is 2.54. The molecule has 0 saturated carbocycles. The first-order valence-corrected chi connectivity index (χ1v) is 4.61. The van der Waals surface area contributed by atoms with Crippen molar-refractivity contribution in [3.8, 4) is 0 Å². The summed E-state index contributed by atoms with van der Waals surface area (Å²) < 4.78 is 0. The van der Waals surface area contributed by atoms with Gasteiger partial charge in [0.1, 0.15) is 5.71 Å². The van der Waals surface area contributed by atoms with Gasteiger partial charge in [0.25, 0.3) is 5.91 Å². The summed E-state index contributed by atoms with van der Waals surface area (Å²) in [4.78, 5) is 19.8. The number of nitrogens with zero attached hydrogens (tertiary/aromatic N) is 2. The van der Waals surface area contributed by atoms with Crippen molar-refractivity contribution in [3.05, 3.63) is 22.4 Å². The van der Waals surface area contributed by atoms with E-state index in [4.69, 9.17) is 5.73 Å². The van der Waals surface area contributed by atoms with Gasteiger partial charge in [0.05, 0.1) is 11.4 Å². The van der Waals surface area contributed by atoms with Gasteiger partial charge in [-0.15, -0.1) is 11.3 Å². The van der Waals surface area contributed by atoms with E-state index >= 15 is 0 Å². The highest BCUT2D eigenvalue weighted by molar-refractivity contribution is 7.12. The molecule has 1 aliphatic rings. The maximum absolute atomic E-state index is 10.7. The van der Waals surface area contributed by atoms with Crippen LogP contribution in [0.3, 0.4) is 0 Å². The summed E-state index contributed by atoms with van der Waals surface area (Å²) in [7, 11) is 0. The normalized spacial score (nSPS) is 15.4. The lowest BCUT2D eigenvalue weighted by molar-refractivity contribution is -0.112. The van der Waals surface area contributed by atoms with Crippen LogP contribution in [0, 0.1) is 0 Å². The largest absolute Gasteiger partial charge is 0.364 e. The molecular weight excluding hydrogens is 186 g/mol. The van der Waals surface area contributed by atoms with E-state index in [9.17, 15) is 4.79 Å². The van der Waals surface area contributed by atoms with Crippen molar-refractivity contribution >= 4 is 28.8 Å². The molecule has 1 aliphatic heterocycles. The molecule has 2 heterocycles. The Labute approximate surface area is 78.8 Å². The molecular formula is C8H7N3OS. The van der Waals surface area contributed by atoms with Crippen LogP contribution in [0.5, 0.6) is 0 Å². The molecule has 0 fully saturated rings. The Kier molecular flexibility index (Phi) is 1.94. The van der Waals surface area contributed by atoms with Gasteiger partial charge in [0.2, 0.25) is 0 Å². The summed E-state index contributed by atoms with van der Waals surface area (Å²) in [5.74, 6) is 0.124. The van der Waals surface area contributed by atoms with E-state index in [1.807, 2.05) is 17.5 Å². The molecule has 0 bridgehead atoms. The van der Waals surface area contributed by atoms with E-state index in [0.29, 0.717) is 18.1 Å². The van der Waals surface area contributed by atoms with Crippen LogP contribution in [0.4, 0.5) is 0 Å². The summed E-state index contributed by atoms with van der Waals surface area (Å²) in [5, 5.41) is 1.94.